The van der Waals surface area contributed by atoms with E-state index in [2.05, 4.69) is 61.1 Å². The summed E-state index contributed by atoms with van der Waals surface area (Å²) in [5.41, 5.74) is -1.94. The summed E-state index contributed by atoms with van der Waals surface area (Å²) in [7, 11) is -8.80. The van der Waals surface area contributed by atoms with Crippen LogP contribution in [0.3, 0.4) is 0 Å². The summed E-state index contributed by atoms with van der Waals surface area (Å²) in [4.78, 5) is 53.0. The van der Waals surface area contributed by atoms with E-state index in [1.165, 1.54) is 17.5 Å². The molecule has 3 N–H and O–H groups in total. The van der Waals surface area contributed by atoms with Crippen LogP contribution in [0.5, 0.6) is 0 Å². The molecule has 1 unspecified atom stereocenters. The maximum atomic E-state index is 15.6. The summed E-state index contributed by atoms with van der Waals surface area (Å²) >= 11 is 3.29. The third-order valence-electron chi connectivity index (χ3n) is 15.0. The summed E-state index contributed by atoms with van der Waals surface area (Å²) in [5, 5.41) is 11.7. The predicted octanol–water partition coefficient (Wildman–Crippen LogP) is 10.2. The SMILES string of the molecule is Brc1cnc(C2CC2)nc1.CCCS(=O)(=O)Nc1c(F)ccc(C(=O)c2[nH]nc3ncc(-c4cnc(C5CC5)nc4)cc23)c1F.CCCS(=O)(=O)Nc1c(F)ccc(C(=O)c2nn(C3CCCCO3)c3ncc(B4OC(C)(C)C(C)(C)O4)cc23)c1F. The van der Waals surface area contributed by atoms with Gasteiger partial charge in [0.1, 0.15) is 46.0 Å². The largest absolute Gasteiger partial charge is 0.496 e. The molecule has 29 heteroatoms. The number of hydrogen-bond acceptors (Lipinski definition) is 17. The van der Waals surface area contributed by atoms with Gasteiger partial charge in [0, 0.05) is 72.2 Å². The number of ether oxygens (including phenoxy) is 1. The van der Waals surface area contributed by atoms with E-state index in [1.54, 1.807) is 63.2 Å². The number of nitrogens with zero attached hydrogens (tertiary/aromatic N) is 9. The van der Waals surface area contributed by atoms with Crippen molar-refractivity contribution in [1.29, 1.82) is 0 Å². The minimum Gasteiger partial charge on any atom is -0.399 e. The Morgan fingerprint density at radius 3 is 1.74 bits per heavy atom. The Morgan fingerprint density at radius 1 is 0.686 bits per heavy atom. The van der Waals surface area contributed by atoms with Crippen LogP contribution >= 0.6 is 15.9 Å². The fourth-order valence-electron chi connectivity index (χ4n) is 9.43. The van der Waals surface area contributed by atoms with Crippen LogP contribution in [0, 0.1) is 23.3 Å². The normalized spacial score (nSPS) is 17.4. The fourth-order valence-corrected chi connectivity index (χ4v) is 11.9. The summed E-state index contributed by atoms with van der Waals surface area (Å²) < 4.78 is 133. The Morgan fingerprint density at radius 2 is 1.22 bits per heavy atom. The van der Waals surface area contributed by atoms with Crippen molar-refractivity contribution in [3.8, 4) is 11.1 Å². The molecule has 21 nitrogen and oxygen atoms in total. The quantitative estimate of drug-likeness (QED) is 0.0434. The average Bonchev–Trinajstić information content (AvgIpc) is 1.70. The lowest BCUT2D eigenvalue weighted by atomic mass is 9.80. The number of carbonyl (C=O) groups excluding carboxylic acids is 2. The zero-order valence-electron chi connectivity index (χ0n) is 47.6. The van der Waals surface area contributed by atoms with Crippen LogP contribution in [0.15, 0.2) is 78.1 Å². The number of pyridine rings is 2. The highest BCUT2D eigenvalue weighted by Crippen LogP contribution is 2.40. The third-order valence-corrected chi connectivity index (χ3v) is 18.4. The zero-order chi connectivity index (χ0) is 61.5. The van der Waals surface area contributed by atoms with Gasteiger partial charge < -0.3 is 14.0 Å². The van der Waals surface area contributed by atoms with Crippen molar-refractivity contribution < 1.29 is 58.0 Å². The first kappa shape index (κ1) is 61.9. The van der Waals surface area contributed by atoms with Crippen molar-refractivity contribution >= 4 is 93.6 Å². The molecule has 6 aromatic heterocycles. The monoisotopic (exact) mass is 1290 g/mol. The molecule has 2 aromatic carbocycles. The predicted molar refractivity (Wildman–Crippen MR) is 316 cm³/mol. The number of anilines is 2. The van der Waals surface area contributed by atoms with Gasteiger partial charge in [-0.2, -0.15) is 10.2 Å². The Bertz CT molecular complexity index is 4100. The van der Waals surface area contributed by atoms with Crippen molar-refractivity contribution in [2.75, 3.05) is 27.6 Å². The van der Waals surface area contributed by atoms with Gasteiger partial charge in [-0.15, -0.1) is 0 Å². The van der Waals surface area contributed by atoms with Gasteiger partial charge in [0.15, 0.2) is 29.2 Å². The minimum absolute atomic E-state index is 0.0715. The lowest BCUT2D eigenvalue weighted by Gasteiger charge is -2.32. The van der Waals surface area contributed by atoms with Crippen molar-refractivity contribution in [1.82, 2.24) is 49.9 Å². The van der Waals surface area contributed by atoms with E-state index >= 15 is 8.78 Å². The van der Waals surface area contributed by atoms with Gasteiger partial charge in [0.05, 0.1) is 49.1 Å². The molecule has 1 atom stereocenters. The van der Waals surface area contributed by atoms with Crippen molar-refractivity contribution in [2.24, 2.45) is 0 Å². The molecule has 2 aliphatic carbocycles. The molecule has 4 fully saturated rings. The van der Waals surface area contributed by atoms with Crippen LogP contribution in [0.1, 0.15) is 161 Å². The van der Waals surface area contributed by atoms with Gasteiger partial charge in [0.2, 0.25) is 31.6 Å². The Kier molecular flexibility index (Phi) is 17.9. The number of fused-ring (bicyclic) bond motifs is 2. The van der Waals surface area contributed by atoms with Crippen LogP contribution < -0.4 is 14.9 Å². The number of aromatic amines is 1. The van der Waals surface area contributed by atoms with E-state index in [0.717, 1.165) is 66.1 Å². The molecule has 2 saturated heterocycles. The second-order valence-corrected chi connectivity index (χ2v) is 26.8. The fraction of sp³-hybridized carbons (Fsp3) is 0.404. The van der Waals surface area contributed by atoms with Gasteiger partial charge in [0.25, 0.3) is 0 Å². The van der Waals surface area contributed by atoms with E-state index in [9.17, 15) is 35.2 Å². The second kappa shape index (κ2) is 24.9. The van der Waals surface area contributed by atoms with Gasteiger partial charge in [-0.3, -0.25) is 24.1 Å². The van der Waals surface area contributed by atoms with Crippen molar-refractivity contribution in [3.05, 3.63) is 135 Å². The molecular weight excluding hydrogens is 1230 g/mol. The molecule has 8 heterocycles. The lowest BCUT2D eigenvalue weighted by molar-refractivity contribution is -0.0371. The van der Waals surface area contributed by atoms with Crippen LogP contribution in [0.2, 0.25) is 0 Å². The zero-order valence-corrected chi connectivity index (χ0v) is 50.8. The van der Waals surface area contributed by atoms with Crippen LogP contribution in [0.25, 0.3) is 33.2 Å². The number of nitrogens with one attached hydrogen (secondary N) is 3. The van der Waals surface area contributed by atoms with E-state index in [4.69, 9.17) is 14.0 Å². The summed E-state index contributed by atoms with van der Waals surface area (Å²) in [6.45, 7) is 11.4. The standard InChI is InChI=1S/C27H33BF2N4O6S.C23H20F2N6O3S.C7H7BrN2/c1-6-13-41(36,37)33-23-19(29)11-10-17(21(23)30)24(35)22-18-14-16(28-39-26(2,3)27(4,5)40-28)15-31-25(18)34(32-22)20-9-7-8-12-38-20;1-2-7-35(33,34)31-20-17(24)6-5-15(18(20)25)21(32)19-16-8-13(9-28-23(16)30-29-19)14-10-26-22(27-11-14)12-3-4-12;8-6-3-9-7(10-4-6)5-1-2-5/h10-11,14-15,20,33H,6-9,12-13H2,1-5H3;5-6,8-12,31H,2-4,7H2,1H3,(H,28,29,30);3-5H,1-2H2. The highest BCUT2D eigenvalue weighted by molar-refractivity contribution is 9.10. The summed E-state index contributed by atoms with van der Waals surface area (Å²) in [5.74, 6) is -4.43. The molecule has 4 aliphatic rings. The van der Waals surface area contributed by atoms with Crippen LogP contribution in [0.4, 0.5) is 28.9 Å². The first-order valence-corrected chi connectivity index (χ1v) is 32.0. The van der Waals surface area contributed by atoms with E-state index in [0.29, 0.717) is 57.9 Å². The molecule has 2 saturated carbocycles. The lowest BCUT2D eigenvalue weighted by Crippen LogP contribution is -2.41. The van der Waals surface area contributed by atoms with Crippen molar-refractivity contribution in [3.63, 3.8) is 0 Å². The molecule has 2 aliphatic heterocycles. The topological polar surface area (TPSA) is 278 Å². The molecule has 0 spiro atoms. The third kappa shape index (κ3) is 13.5. The second-order valence-electron chi connectivity index (χ2n) is 22.2. The minimum atomic E-state index is -4.03. The highest BCUT2D eigenvalue weighted by atomic mass is 79.9. The van der Waals surface area contributed by atoms with E-state index in [-0.39, 0.29) is 41.4 Å². The molecular formula is C57H60BBrF4N12O9S2. The molecule has 12 rings (SSSR count). The van der Waals surface area contributed by atoms with E-state index in [1.807, 2.05) is 37.1 Å². The Hall–Kier alpha value is -7.18. The number of carbonyl (C=O) groups is 2. The maximum absolute atomic E-state index is 15.6. The highest BCUT2D eigenvalue weighted by Gasteiger charge is 2.52. The van der Waals surface area contributed by atoms with Gasteiger partial charge in [-0.05, 0) is 138 Å². The Balaban J connectivity index is 0.000000165. The average molecular weight is 1290 g/mol. The van der Waals surface area contributed by atoms with Gasteiger partial charge in [-0.1, -0.05) is 13.8 Å². The molecule has 0 bridgehead atoms. The molecule has 8 aromatic rings. The van der Waals surface area contributed by atoms with Gasteiger partial charge in [-0.25, -0.2) is 69.0 Å². The van der Waals surface area contributed by atoms with Crippen molar-refractivity contribution in [2.45, 2.75) is 129 Å². The number of rotatable bonds is 17. The first-order valence-electron chi connectivity index (χ1n) is 27.9. The molecule has 0 radical (unpaired) electrons. The maximum Gasteiger partial charge on any atom is 0.496 e. The van der Waals surface area contributed by atoms with E-state index < -0.39 is 102 Å². The smallest absolute Gasteiger partial charge is 0.399 e. The number of hydrogen-bond donors (Lipinski definition) is 3. The number of ketones is 2. The van der Waals surface area contributed by atoms with Crippen LogP contribution in [-0.4, -0.2) is 115 Å². The molecule has 86 heavy (non-hydrogen) atoms. The number of sulfonamides is 2. The number of benzene rings is 2. The molecule has 452 valence electrons. The summed E-state index contributed by atoms with van der Waals surface area (Å²) in [6.07, 6.45) is 17.2. The number of H-pyrrole nitrogens is 1. The van der Waals surface area contributed by atoms with Gasteiger partial charge >= 0.3 is 7.12 Å². The number of halogens is 5. The van der Waals surface area contributed by atoms with Crippen LogP contribution in [-0.2, 0) is 34.1 Å². The molecule has 0 amide bonds. The summed E-state index contributed by atoms with van der Waals surface area (Å²) in [6, 6.07) is 6.92. The number of aromatic nitrogens is 10. The first-order chi connectivity index (χ1) is 40.9. The Labute approximate surface area is 501 Å².